The minimum Gasteiger partial charge on any atom is -0.375 e. The van der Waals surface area contributed by atoms with Gasteiger partial charge in [0.05, 0.1) is 16.8 Å². The van der Waals surface area contributed by atoms with Crippen molar-refractivity contribution in [2.75, 3.05) is 6.61 Å². The van der Waals surface area contributed by atoms with Gasteiger partial charge in [-0.1, -0.05) is 46.8 Å². The standard InChI is InChI=1S/C19H37N3O/c1-16(2,3)13-15-14-22(21-20-15)18(7,8)11-12-23-19(9,10)17(4,5)6/h14H,11-13H2,1-10H3. The lowest BCUT2D eigenvalue weighted by molar-refractivity contribution is -0.0964. The Morgan fingerprint density at radius 3 is 2.00 bits per heavy atom. The molecule has 0 unspecified atom stereocenters. The van der Waals surface area contributed by atoms with Crippen LogP contribution < -0.4 is 0 Å². The molecule has 0 atom stereocenters. The van der Waals surface area contributed by atoms with Gasteiger partial charge in [-0.05, 0) is 51.4 Å². The Kier molecular flexibility index (Phi) is 5.73. The van der Waals surface area contributed by atoms with Crippen molar-refractivity contribution in [3.63, 3.8) is 0 Å². The summed E-state index contributed by atoms with van der Waals surface area (Å²) >= 11 is 0. The lowest BCUT2D eigenvalue weighted by Crippen LogP contribution is -2.41. The lowest BCUT2D eigenvalue weighted by Gasteiger charge is -2.39. The van der Waals surface area contributed by atoms with Crippen molar-refractivity contribution >= 4 is 0 Å². The first-order valence-electron chi connectivity index (χ1n) is 8.70. The van der Waals surface area contributed by atoms with Gasteiger partial charge >= 0.3 is 0 Å². The van der Waals surface area contributed by atoms with Crippen molar-refractivity contribution in [1.82, 2.24) is 15.0 Å². The molecule has 0 spiro atoms. The van der Waals surface area contributed by atoms with Crippen LogP contribution in [0.2, 0.25) is 0 Å². The van der Waals surface area contributed by atoms with Gasteiger partial charge in [0.15, 0.2) is 0 Å². The Labute approximate surface area is 143 Å². The van der Waals surface area contributed by atoms with Crippen LogP contribution in [0, 0.1) is 10.8 Å². The molecule has 0 N–H and O–H groups in total. The Hall–Kier alpha value is -0.900. The predicted octanol–water partition coefficient (Wildman–Crippen LogP) is 4.83. The van der Waals surface area contributed by atoms with Gasteiger partial charge in [0, 0.05) is 12.8 Å². The van der Waals surface area contributed by atoms with E-state index in [1.165, 1.54) is 0 Å². The molecule has 1 heterocycles. The van der Waals surface area contributed by atoms with E-state index in [9.17, 15) is 0 Å². The van der Waals surface area contributed by atoms with Crippen molar-refractivity contribution in [3.05, 3.63) is 11.9 Å². The molecule has 0 saturated heterocycles. The van der Waals surface area contributed by atoms with Crippen molar-refractivity contribution < 1.29 is 4.74 Å². The average molecular weight is 324 g/mol. The highest BCUT2D eigenvalue weighted by Crippen LogP contribution is 2.33. The number of rotatable bonds is 6. The third-order valence-corrected chi connectivity index (χ3v) is 4.86. The van der Waals surface area contributed by atoms with Gasteiger partial charge in [-0.15, -0.1) is 5.10 Å². The maximum Gasteiger partial charge on any atom is 0.0832 e. The van der Waals surface area contributed by atoms with Crippen LogP contribution in [0.3, 0.4) is 0 Å². The highest BCUT2D eigenvalue weighted by Gasteiger charge is 2.34. The lowest BCUT2D eigenvalue weighted by atomic mass is 9.79. The normalized spacial score (nSPS) is 14.3. The zero-order valence-corrected chi connectivity index (χ0v) is 16.9. The number of hydrogen-bond donors (Lipinski definition) is 0. The van der Waals surface area contributed by atoms with Crippen LogP contribution in [0.4, 0.5) is 0 Å². The predicted molar refractivity (Wildman–Crippen MR) is 96.6 cm³/mol. The maximum atomic E-state index is 6.18. The molecule has 0 fully saturated rings. The van der Waals surface area contributed by atoms with Gasteiger partial charge in [-0.3, -0.25) is 0 Å². The van der Waals surface area contributed by atoms with Gasteiger partial charge in [0.25, 0.3) is 0 Å². The quantitative estimate of drug-likeness (QED) is 0.752. The second-order valence-corrected chi connectivity index (χ2v) is 10.1. The largest absolute Gasteiger partial charge is 0.375 e. The highest BCUT2D eigenvalue weighted by atomic mass is 16.5. The van der Waals surface area contributed by atoms with E-state index in [0.717, 1.165) is 18.5 Å². The Morgan fingerprint density at radius 2 is 1.52 bits per heavy atom. The number of aromatic nitrogens is 3. The van der Waals surface area contributed by atoms with Crippen LogP contribution in [0.5, 0.6) is 0 Å². The topological polar surface area (TPSA) is 39.9 Å². The molecular weight excluding hydrogens is 286 g/mol. The molecular formula is C19H37N3O. The molecule has 0 saturated carbocycles. The highest BCUT2D eigenvalue weighted by molar-refractivity contribution is 4.98. The summed E-state index contributed by atoms with van der Waals surface area (Å²) in [7, 11) is 0. The molecule has 1 rings (SSSR count). The average Bonchev–Trinajstić information content (AvgIpc) is 2.73. The zero-order chi connectivity index (χ0) is 18.1. The minimum absolute atomic E-state index is 0.100. The van der Waals surface area contributed by atoms with Gasteiger partial charge in [0.2, 0.25) is 0 Å². The third-order valence-electron chi connectivity index (χ3n) is 4.86. The van der Waals surface area contributed by atoms with E-state index in [1.54, 1.807) is 0 Å². The van der Waals surface area contributed by atoms with E-state index < -0.39 is 0 Å². The summed E-state index contributed by atoms with van der Waals surface area (Å²) in [5, 5.41) is 8.68. The fourth-order valence-corrected chi connectivity index (χ4v) is 2.11. The van der Waals surface area contributed by atoms with E-state index >= 15 is 0 Å². The first-order valence-corrected chi connectivity index (χ1v) is 8.70. The van der Waals surface area contributed by atoms with Crippen molar-refractivity contribution in [2.24, 2.45) is 10.8 Å². The van der Waals surface area contributed by atoms with Crippen LogP contribution >= 0.6 is 0 Å². The number of nitrogens with zero attached hydrogens (tertiary/aromatic N) is 3. The molecule has 0 aliphatic carbocycles. The maximum absolute atomic E-state index is 6.18. The molecule has 1 aromatic heterocycles. The van der Waals surface area contributed by atoms with E-state index in [0.29, 0.717) is 6.61 Å². The van der Waals surface area contributed by atoms with Crippen molar-refractivity contribution in [2.45, 2.75) is 93.2 Å². The molecule has 23 heavy (non-hydrogen) atoms. The van der Waals surface area contributed by atoms with E-state index in [2.05, 4.69) is 85.7 Å². The SMILES string of the molecule is CC(C)(C)Cc1cn(C(C)(C)CCOC(C)(C)C(C)(C)C)nn1. The summed E-state index contributed by atoms with van der Waals surface area (Å²) in [5.74, 6) is 0. The fraction of sp³-hybridized carbons (Fsp3) is 0.895. The summed E-state index contributed by atoms with van der Waals surface area (Å²) in [5.41, 5.74) is 1.15. The van der Waals surface area contributed by atoms with E-state index in [4.69, 9.17) is 4.74 Å². The van der Waals surface area contributed by atoms with Crippen LogP contribution in [0.15, 0.2) is 6.20 Å². The molecule has 0 bridgehead atoms. The van der Waals surface area contributed by atoms with Gasteiger partial charge in [-0.25, -0.2) is 4.68 Å². The zero-order valence-electron chi connectivity index (χ0n) is 16.9. The number of ether oxygens (including phenoxy) is 1. The second-order valence-electron chi connectivity index (χ2n) is 10.1. The van der Waals surface area contributed by atoms with Gasteiger partial charge < -0.3 is 4.74 Å². The monoisotopic (exact) mass is 323 g/mol. The summed E-state index contributed by atoms with van der Waals surface area (Å²) in [6, 6.07) is 0. The molecule has 0 aliphatic heterocycles. The van der Waals surface area contributed by atoms with Crippen LogP contribution in [-0.4, -0.2) is 27.2 Å². The molecule has 0 amide bonds. The van der Waals surface area contributed by atoms with Crippen LogP contribution in [-0.2, 0) is 16.7 Å². The summed E-state index contributed by atoms with van der Waals surface area (Å²) in [4.78, 5) is 0. The van der Waals surface area contributed by atoms with Crippen molar-refractivity contribution in [1.29, 1.82) is 0 Å². The first-order chi connectivity index (χ1) is 10.1. The minimum atomic E-state index is -0.150. The van der Waals surface area contributed by atoms with E-state index in [-0.39, 0.29) is 22.0 Å². The summed E-state index contributed by atoms with van der Waals surface area (Å²) in [6.45, 7) is 22.7. The fourth-order valence-electron chi connectivity index (χ4n) is 2.11. The molecule has 4 nitrogen and oxygen atoms in total. The first kappa shape index (κ1) is 20.1. The Bertz CT molecular complexity index is 501. The molecule has 0 radical (unpaired) electrons. The Morgan fingerprint density at radius 1 is 0.957 bits per heavy atom. The van der Waals surface area contributed by atoms with Crippen LogP contribution in [0.1, 0.15) is 81.4 Å². The van der Waals surface area contributed by atoms with Gasteiger partial charge in [-0.2, -0.15) is 0 Å². The smallest absolute Gasteiger partial charge is 0.0832 e. The molecule has 0 aromatic carbocycles. The molecule has 4 heteroatoms. The summed E-state index contributed by atoms with van der Waals surface area (Å²) < 4.78 is 8.16. The molecule has 134 valence electrons. The van der Waals surface area contributed by atoms with Crippen molar-refractivity contribution in [3.8, 4) is 0 Å². The summed E-state index contributed by atoms with van der Waals surface area (Å²) in [6.07, 6.45) is 3.93. The van der Waals surface area contributed by atoms with Gasteiger partial charge in [0.1, 0.15) is 0 Å². The molecule has 0 aliphatic rings. The van der Waals surface area contributed by atoms with Crippen LogP contribution in [0.25, 0.3) is 0 Å². The second kappa shape index (κ2) is 6.54. The van der Waals surface area contributed by atoms with E-state index in [1.807, 2.05) is 4.68 Å². The molecule has 1 aromatic rings. The third kappa shape index (κ3) is 5.91. The Balaban J connectivity index is 2.66. The number of hydrogen-bond acceptors (Lipinski definition) is 3.